The number of hydrogen-bond donors (Lipinski definition) is 1. The van der Waals surface area contributed by atoms with Gasteiger partial charge < -0.3 is 23.8 Å². The van der Waals surface area contributed by atoms with E-state index in [1.54, 1.807) is 58.9 Å². The smallest absolute Gasteiger partial charge is 0.408 e. The van der Waals surface area contributed by atoms with Crippen molar-refractivity contribution in [3.05, 3.63) is 65.7 Å². The molecule has 33 heavy (non-hydrogen) atoms. The number of carbonyl (C=O) groups is 2. The summed E-state index contributed by atoms with van der Waals surface area (Å²) >= 11 is 0. The number of carbonyl (C=O) groups excluding carboxylic acids is 2. The fourth-order valence-electron chi connectivity index (χ4n) is 2.89. The van der Waals surface area contributed by atoms with Crippen LogP contribution in [-0.4, -0.2) is 30.9 Å². The van der Waals surface area contributed by atoms with Crippen LogP contribution in [0.2, 0.25) is 0 Å². The van der Waals surface area contributed by atoms with Crippen LogP contribution in [0.25, 0.3) is 0 Å². The summed E-state index contributed by atoms with van der Waals surface area (Å²) in [5, 5.41) is 2.92. The molecule has 0 fully saturated rings. The van der Waals surface area contributed by atoms with Crippen LogP contribution >= 0.6 is 7.60 Å². The van der Waals surface area contributed by atoms with Crippen molar-refractivity contribution in [1.82, 2.24) is 5.32 Å². The molecule has 0 aromatic heterocycles. The van der Waals surface area contributed by atoms with Crippen LogP contribution in [0.3, 0.4) is 0 Å². The van der Waals surface area contributed by atoms with Gasteiger partial charge in [-0.15, -0.1) is 0 Å². The molecular weight excluding hydrogens is 445 g/mol. The molecule has 0 radical (unpaired) electrons. The molecule has 0 aliphatic carbocycles. The van der Waals surface area contributed by atoms with E-state index in [2.05, 4.69) is 5.32 Å². The Morgan fingerprint density at radius 1 is 0.939 bits per heavy atom. The number of nitrogens with one attached hydrogen (secondary N) is 1. The highest BCUT2D eigenvalue weighted by Crippen LogP contribution is 2.46. The maximum Gasteiger partial charge on any atom is 0.408 e. The molecule has 2 rings (SSSR count). The molecule has 0 saturated heterocycles. The zero-order valence-electron chi connectivity index (χ0n) is 19.7. The number of amides is 1. The minimum Gasteiger partial charge on any atom is -0.459 e. The summed E-state index contributed by atoms with van der Waals surface area (Å²) in [6, 6.07) is 14.3. The van der Waals surface area contributed by atoms with Gasteiger partial charge in [0.05, 0.1) is 18.5 Å². The number of benzene rings is 2. The average molecular weight is 477 g/mol. The van der Waals surface area contributed by atoms with Gasteiger partial charge in [0.15, 0.2) is 6.04 Å². The highest BCUT2D eigenvalue weighted by molar-refractivity contribution is 7.62. The summed E-state index contributed by atoms with van der Waals surface area (Å²) in [6.45, 7) is 9.11. The van der Waals surface area contributed by atoms with Crippen LogP contribution in [0.1, 0.15) is 51.8 Å². The van der Waals surface area contributed by atoms with Gasteiger partial charge in [-0.1, -0.05) is 42.5 Å². The molecule has 0 unspecified atom stereocenters. The van der Waals surface area contributed by atoms with Crippen molar-refractivity contribution in [2.45, 2.75) is 52.9 Å². The molecule has 0 heterocycles. The predicted molar refractivity (Wildman–Crippen MR) is 125 cm³/mol. The molecule has 2 aromatic rings. The minimum atomic E-state index is -3.48. The summed E-state index contributed by atoms with van der Waals surface area (Å²) in [6.07, 6.45) is -0.762. The first-order valence-electron chi connectivity index (χ1n) is 10.8. The molecule has 0 bridgehead atoms. The summed E-state index contributed by atoms with van der Waals surface area (Å²) in [4.78, 5) is 25.3. The number of rotatable bonds is 10. The summed E-state index contributed by atoms with van der Waals surface area (Å²) < 4.78 is 34.5. The standard InChI is InChI=1S/C24H32NO7P/c1-6-30-33(28,31-7-2)20-15-13-19(14-16-20)21(25-23(27)32-24(3,4)5)22(26)29-17-18-11-9-8-10-12-18/h8-16,21H,6-7,17H2,1-5H3,(H,25,27)/t21-/m1/s1. The Morgan fingerprint density at radius 3 is 2.03 bits per heavy atom. The topological polar surface area (TPSA) is 100 Å². The second kappa shape index (κ2) is 12.0. The first kappa shape index (κ1) is 26.6. The SMILES string of the molecule is CCOP(=O)(OCC)c1ccc([C@@H](NC(=O)OC(C)(C)C)C(=O)OCc2ccccc2)cc1. The number of alkyl carbamates (subject to hydrolysis) is 1. The van der Waals surface area contributed by atoms with E-state index in [9.17, 15) is 14.2 Å². The molecular formula is C24H32NO7P. The van der Waals surface area contributed by atoms with Crippen LogP contribution in [0.15, 0.2) is 54.6 Å². The third-order valence-corrected chi connectivity index (χ3v) is 6.39. The molecule has 8 nitrogen and oxygen atoms in total. The molecule has 0 spiro atoms. The third kappa shape index (κ3) is 8.31. The Balaban J connectivity index is 2.26. The van der Waals surface area contributed by atoms with E-state index in [-0.39, 0.29) is 19.8 Å². The second-order valence-electron chi connectivity index (χ2n) is 8.10. The predicted octanol–water partition coefficient (Wildman–Crippen LogP) is 4.89. The van der Waals surface area contributed by atoms with Crippen molar-refractivity contribution in [3.63, 3.8) is 0 Å². The molecule has 1 amide bonds. The number of hydrogen-bond acceptors (Lipinski definition) is 7. The van der Waals surface area contributed by atoms with Gasteiger partial charge in [0.25, 0.3) is 0 Å². The lowest BCUT2D eigenvalue weighted by Crippen LogP contribution is -2.38. The highest BCUT2D eigenvalue weighted by Gasteiger charge is 2.30. The fourth-order valence-corrected chi connectivity index (χ4v) is 4.46. The van der Waals surface area contributed by atoms with E-state index < -0.39 is 31.3 Å². The van der Waals surface area contributed by atoms with Crippen LogP contribution in [0.4, 0.5) is 4.79 Å². The summed E-state index contributed by atoms with van der Waals surface area (Å²) in [5.74, 6) is -0.657. The van der Waals surface area contributed by atoms with Crippen molar-refractivity contribution < 1.29 is 32.7 Å². The van der Waals surface area contributed by atoms with Crippen molar-refractivity contribution in [1.29, 1.82) is 0 Å². The van der Waals surface area contributed by atoms with Crippen molar-refractivity contribution >= 4 is 25.0 Å². The van der Waals surface area contributed by atoms with Gasteiger partial charge in [-0.2, -0.15) is 0 Å². The lowest BCUT2D eigenvalue weighted by molar-refractivity contribution is -0.147. The van der Waals surface area contributed by atoms with Crippen molar-refractivity contribution in [3.8, 4) is 0 Å². The van der Waals surface area contributed by atoms with E-state index in [1.807, 2.05) is 30.3 Å². The summed E-state index contributed by atoms with van der Waals surface area (Å²) in [5.41, 5.74) is 0.502. The monoisotopic (exact) mass is 477 g/mol. The molecule has 0 aliphatic rings. The lowest BCUT2D eigenvalue weighted by Gasteiger charge is -2.23. The fraction of sp³-hybridized carbons (Fsp3) is 0.417. The van der Waals surface area contributed by atoms with Crippen LogP contribution < -0.4 is 10.6 Å². The van der Waals surface area contributed by atoms with E-state index in [0.29, 0.717) is 10.9 Å². The Hall–Kier alpha value is -2.67. The quantitative estimate of drug-likeness (QED) is 0.384. The summed E-state index contributed by atoms with van der Waals surface area (Å²) in [7, 11) is -3.48. The van der Waals surface area contributed by atoms with Gasteiger partial charge in [0.2, 0.25) is 0 Å². The van der Waals surface area contributed by atoms with Gasteiger partial charge >= 0.3 is 19.7 Å². The van der Waals surface area contributed by atoms with E-state index in [4.69, 9.17) is 18.5 Å². The molecule has 2 aromatic carbocycles. The first-order chi connectivity index (χ1) is 15.6. The van der Waals surface area contributed by atoms with Crippen molar-refractivity contribution in [2.75, 3.05) is 13.2 Å². The Morgan fingerprint density at radius 2 is 1.52 bits per heavy atom. The van der Waals surface area contributed by atoms with E-state index >= 15 is 0 Å². The average Bonchev–Trinajstić information content (AvgIpc) is 2.76. The highest BCUT2D eigenvalue weighted by atomic mass is 31.2. The molecule has 0 aliphatic heterocycles. The Kier molecular flexibility index (Phi) is 9.65. The van der Waals surface area contributed by atoms with Gasteiger partial charge in [-0.05, 0) is 57.9 Å². The van der Waals surface area contributed by atoms with E-state index in [0.717, 1.165) is 5.56 Å². The maximum atomic E-state index is 13.0. The third-order valence-electron chi connectivity index (χ3n) is 4.26. The number of esters is 1. The van der Waals surface area contributed by atoms with E-state index in [1.165, 1.54) is 0 Å². The van der Waals surface area contributed by atoms with Crippen molar-refractivity contribution in [2.24, 2.45) is 0 Å². The molecule has 9 heteroatoms. The van der Waals surface area contributed by atoms with Gasteiger partial charge in [0.1, 0.15) is 12.2 Å². The molecule has 0 saturated carbocycles. The van der Waals surface area contributed by atoms with Crippen LogP contribution in [0.5, 0.6) is 0 Å². The van der Waals surface area contributed by atoms with Crippen LogP contribution in [-0.2, 0) is 34.5 Å². The lowest BCUT2D eigenvalue weighted by atomic mass is 10.1. The molecule has 1 N–H and O–H groups in total. The first-order valence-corrected chi connectivity index (χ1v) is 12.3. The Bertz CT molecular complexity index is 945. The minimum absolute atomic E-state index is 0.0497. The van der Waals surface area contributed by atoms with Gasteiger partial charge in [-0.3, -0.25) is 4.57 Å². The Labute approximate surface area is 195 Å². The van der Waals surface area contributed by atoms with Gasteiger partial charge in [-0.25, -0.2) is 9.59 Å². The molecule has 180 valence electrons. The zero-order chi connectivity index (χ0) is 24.5. The normalized spacial score (nSPS) is 12.6. The van der Waals surface area contributed by atoms with Crippen LogP contribution in [0, 0.1) is 0 Å². The molecule has 1 atom stereocenters. The maximum absolute atomic E-state index is 13.0. The largest absolute Gasteiger partial charge is 0.459 e. The number of ether oxygens (including phenoxy) is 2. The second-order valence-corrected chi connectivity index (χ2v) is 10.1. The zero-order valence-corrected chi connectivity index (χ0v) is 20.6. The van der Waals surface area contributed by atoms with Gasteiger partial charge in [0, 0.05) is 0 Å².